The molecule has 1 amide bonds. The molecule has 0 unspecified atom stereocenters. The molecule has 0 spiro atoms. The minimum atomic E-state index is -0.571. The van der Waals surface area contributed by atoms with Crippen molar-refractivity contribution in [1.82, 2.24) is 4.90 Å². The van der Waals surface area contributed by atoms with Gasteiger partial charge < -0.3 is 19.1 Å². The lowest BCUT2D eigenvalue weighted by Gasteiger charge is -2.21. The van der Waals surface area contributed by atoms with Crippen LogP contribution in [0.5, 0.6) is 17.2 Å². The lowest BCUT2D eigenvalue weighted by atomic mass is 10.1. The van der Waals surface area contributed by atoms with E-state index in [9.17, 15) is 14.9 Å². The molecule has 0 aliphatic heterocycles. The van der Waals surface area contributed by atoms with Gasteiger partial charge in [0.2, 0.25) is 5.75 Å². The highest BCUT2D eigenvalue weighted by molar-refractivity contribution is 6.34. The smallest absolute Gasteiger partial charge is 0.270 e. The number of carbonyl (C=O) groups excluding carboxylic acids is 1. The number of methoxy groups -OCH3 is 3. The van der Waals surface area contributed by atoms with E-state index in [0.717, 1.165) is 6.07 Å². The summed E-state index contributed by atoms with van der Waals surface area (Å²) >= 11 is 6.05. The van der Waals surface area contributed by atoms with Gasteiger partial charge in [-0.25, -0.2) is 0 Å². The van der Waals surface area contributed by atoms with Crippen molar-refractivity contribution >= 4 is 23.2 Å². The van der Waals surface area contributed by atoms with Crippen LogP contribution < -0.4 is 14.2 Å². The number of hydrogen-bond donors (Lipinski definition) is 0. The van der Waals surface area contributed by atoms with Crippen LogP contribution in [0.15, 0.2) is 30.3 Å². The molecule has 2 rings (SSSR count). The zero-order valence-electron chi connectivity index (χ0n) is 15.3. The van der Waals surface area contributed by atoms with Gasteiger partial charge in [-0.15, -0.1) is 0 Å². The van der Waals surface area contributed by atoms with Crippen LogP contribution >= 0.6 is 11.6 Å². The number of nitro groups is 1. The molecular weight excluding hydrogens is 376 g/mol. The average molecular weight is 395 g/mol. The monoisotopic (exact) mass is 394 g/mol. The molecule has 2 aromatic rings. The van der Waals surface area contributed by atoms with Gasteiger partial charge in [-0.3, -0.25) is 14.9 Å². The van der Waals surface area contributed by atoms with Crippen molar-refractivity contribution in [3.63, 3.8) is 0 Å². The lowest BCUT2D eigenvalue weighted by molar-refractivity contribution is -0.384. The molecule has 0 aliphatic rings. The number of amides is 1. The molecule has 2 aromatic carbocycles. The van der Waals surface area contributed by atoms with Gasteiger partial charge in [-0.05, 0) is 18.2 Å². The first kappa shape index (κ1) is 20.3. The highest BCUT2D eigenvalue weighted by Gasteiger charge is 2.21. The van der Waals surface area contributed by atoms with Gasteiger partial charge in [0.05, 0.1) is 36.8 Å². The van der Waals surface area contributed by atoms with Gasteiger partial charge in [0.1, 0.15) is 0 Å². The summed E-state index contributed by atoms with van der Waals surface area (Å²) in [6, 6.07) is 7.21. The SMILES string of the molecule is COc1ccc(CN(C)C(=O)c2ccc([N+](=O)[O-])cc2Cl)c(OC)c1OC. The quantitative estimate of drug-likeness (QED) is 0.527. The van der Waals surface area contributed by atoms with Crippen LogP contribution in [0.3, 0.4) is 0 Å². The van der Waals surface area contributed by atoms with Crippen molar-refractivity contribution in [2.75, 3.05) is 28.4 Å². The van der Waals surface area contributed by atoms with Crippen molar-refractivity contribution in [3.05, 3.63) is 56.6 Å². The van der Waals surface area contributed by atoms with Crippen LogP contribution in [0, 0.1) is 10.1 Å². The Hall–Kier alpha value is -3.00. The standard InChI is InChI=1S/C18H19ClN2O6/c1-20(18(22)13-7-6-12(21(23)24)9-14(13)19)10-11-5-8-15(25-2)17(27-4)16(11)26-3/h5-9H,10H2,1-4H3. The summed E-state index contributed by atoms with van der Waals surface area (Å²) < 4.78 is 16.0. The summed E-state index contributed by atoms with van der Waals surface area (Å²) in [7, 11) is 6.10. The van der Waals surface area contributed by atoms with Crippen molar-refractivity contribution in [2.45, 2.75) is 6.54 Å². The maximum atomic E-state index is 12.7. The molecular formula is C18H19ClN2O6. The van der Waals surface area contributed by atoms with Crippen molar-refractivity contribution < 1.29 is 23.9 Å². The fourth-order valence-corrected chi connectivity index (χ4v) is 2.87. The minimum Gasteiger partial charge on any atom is -0.493 e. The van der Waals surface area contributed by atoms with Gasteiger partial charge in [0.25, 0.3) is 11.6 Å². The highest BCUT2D eigenvalue weighted by Crippen LogP contribution is 2.40. The van der Waals surface area contributed by atoms with Crippen LogP contribution in [-0.4, -0.2) is 44.1 Å². The molecule has 0 aromatic heterocycles. The second-order valence-electron chi connectivity index (χ2n) is 5.58. The van der Waals surface area contributed by atoms with Crippen LogP contribution in [0.2, 0.25) is 5.02 Å². The van der Waals surface area contributed by atoms with Gasteiger partial charge in [-0.1, -0.05) is 11.6 Å². The van der Waals surface area contributed by atoms with Crippen LogP contribution in [-0.2, 0) is 6.54 Å². The second-order valence-corrected chi connectivity index (χ2v) is 5.98. The third-order valence-corrected chi connectivity index (χ3v) is 4.25. The molecule has 0 fully saturated rings. The van der Waals surface area contributed by atoms with E-state index in [1.54, 1.807) is 19.2 Å². The first-order valence-electron chi connectivity index (χ1n) is 7.81. The number of halogens is 1. The number of rotatable bonds is 7. The maximum absolute atomic E-state index is 12.7. The molecule has 0 atom stereocenters. The first-order chi connectivity index (χ1) is 12.8. The predicted octanol–water partition coefficient (Wildman–Crippen LogP) is 3.55. The number of ether oxygens (including phenoxy) is 3. The Morgan fingerprint density at radius 2 is 1.78 bits per heavy atom. The lowest BCUT2D eigenvalue weighted by Crippen LogP contribution is -2.26. The van der Waals surface area contributed by atoms with E-state index >= 15 is 0 Å². The van der Waals surface area contributed by atoms with Crippen LogP contribution in [0.25, 0.3) is 0 Å². The third kappa shape index (κ3) is 4.22. The molecule has 9 heteroatoms. The van der Waals surface area contributed by atoms with E-state index < -0.39 is 4.92 Å². The summed E-state index contributed by atoms with van der Waals surface area (Å²) in [5.41, 5.74) is 0.689. The van der Waals surface area contributed by atoms with Crippen LogP contribution in [0.4, 0.5) is 5.69 Å². The maximum Gasteiger partial charge on any atom is 0.270 e. The largest absolute Gasteiger partial charge is 0.493 e. The van der Waals surface area contributed by atoms with Gasteiger partial charge in [0.15, 0.2) is 11.5 Å². The fourth-order valence-electron chi connectivity index (χ4n) is 2.61. The third-order valence-electron chi connectivity index (χ3n) is 3.93. The van der Waals surface area contributed by atoms with E-state index in [0.29, 0.717) is 22.8 Å². The molecule has 0 saturated carbocycles. The Bertz CT molecular complexity index is 871. The number of hydrogen-bond acceptors (Lipinski definition) is 6. The highest BCUT2D eigenvalue weighted by atomic mass is 35.5. The Morgan fingerprint density at radius 1 is 1.11 bits per heavy atom. The van der Waals surface area contributed by atoms with Crippen LogP contribution in [0.1, 0.15) is 15.9 Å². The number of benzene rings is 2. The molecule has 144 valence electrons. The Labute approximate surface area is 161 Å². The topological polar surface area (TPSA) is 91.1 Å². The molecule has 0 heterocycles. The number of nitro benzene ring substituents is 1. The van der Waals surface area contributed by atoms with Gasteiger partial charge in [-0.2, -0.15) is 0 Å². The number of carbonyl (C=O) groups is 1. The van der Waals surface area contributed by atoms with Crippen molar-refractivity contribution in [3.8, 4) is 17.2 Å². The zero-order chi connectivity index (χ0) is 20.1. The Balaban J connectivity index is 2.30. The van der Waals surface area contributed by atoms with E-state index in [4.69, 9.17) is 25.8 Å². The summed E-state index contributed by atoms with van der Waals surface area (Å²) in [6.07, 6.45) is 0. The molecule has 0 N–H and O–H groups in total. The summed E-state index contributed by atoms with van der Waals surface area (Å²) in [6.45, 7) is 0.204. The van der Waals surface area contributed by atoms with Gasteiger partial charge >= 0.3 is 0 Å². The summed E-state index contributed by atoms with van der Waals surface area (Å²) in [5.74, 6) is 0.996. The average Bonchev–Trinajstić information content (AvgIpc) is 2.66. The Morgan fingerprint density at radius 3 is 2.30 bits per heavy atom. The Kier molecular flexibility index (Phi) is 6.46. The van der Waals surface area contributed by atoms with Gasteiger partial charge in [0, 0.05) is 31.3 Å². The minimum absolute atomic E-state index is 0.0142. The fraction of sp³-hybridized carbons (Fsp3) is 0.278. The molecule has 0 bridgehead atoms. The molecule has 0 aliphatic carbocycles. The van der Waals surface area contributed by atoms with Crippen molar-refractivity contribution in [2.24, 2.45) is 0 Å². The van der Waals surface area contributed by atoms with E-state index in [-0.39, 0.29) is 28.7 Å². The second kappa shape index (κ2) is 8.59. The summed E-state index contributed by atoms with van der Waals surface area (Å²) in [5, 5.41) is 10.8. The number of nitrogens with zero attached hydrogens (tertiary/aromatic N) is 2. The zero-order valence-corrected chi connectivity index (χ0v) is 16.1. The summed E-state index contributed by atoms with van der Waals surface area (Å²) in [4.78, 5) is 24.4. The van der Waals surface area contributed by atoms with E-state index in [1.807, 2.05) is 0 Å². The molecule has 8 nitrogen and oxygen atoms in total. The molecule has 27 heavy (non-hydrogen) atoms. The van der Waals surface area contributed by atoms with Crippen molar-refractivity contribution in [1.29, 1.82) is 0 Å². The molecule has 0 saturated heterocycles. The first-order valence-corrected chi connectivity index (χ1v) is 8.19. The predicted molar refractivity (Wildman–Crippen MR) is 100 cm³/mol. The molecule has 0 radical (unpaired) electrons. The van der Waals surface area contributed by atoms with E-state index in [1.165, 1.54) is 38.4 Å². The van der Waals surface area contributed by atoms with E-state index in [2.05, 4.69) is 0 Å². The normalized spacial score (nSPS) is 10.3. The number of non-ortho nitro benzene ring substituents is 1.